The molecular weight excluding hydrogens is 136 g/mol. The van der Waals surface area contributed by atoms with E-state index in [1.54, 1.807) is 0 Å². The average Bonchev–Trinajstić information content (AvgIpc) is 1.92. The SMILES string of the molecule is CN1OCOCCNC1=O. The number of carbonyl (C=O) groups is 1. The van der Waals surface area contributed by atoms with Crippen LogP contribution >= 0.6 is 0 Å². The molecule has 1 fully saturated rings. The Hall–Kier alpha value is -0.810. The van der Waals surface area contributed by atoms with Gasteiger partial charge >= 0.3 is 6.03 Å². The Kier molecular flexibility index (Phi) is 2.47. The van der Waals surface area contributed by atoms with Crippen molar-refractivity contribution < 1.29 is 14.4 Å². The van der Waals surface area contributed by atoms with Crippen LogP contribution in [-0.2, 0) is 9.57 Å². The lowest BCUT2D eigenvalue weighted by Gasteiger charge is -2.20. The van der Waals surface area contributed by atoms with Gasteiger partial charge in [-0.1, -0.05) is 0 Å². The Bertz CT molecular complexity index is 128. The van der Waals surface area contributed by atoms with Gasteiger partial charge in [0.1, 0.15) is 0 Å². The molecule has 1 heterocycles. The van der Waals surface area contributed by atoms with E-state index in [9.17, 15) is 4.79 Å². The molecule has 0 radical (unpaired) electrons. The van der Waals surface area contributed by atoms with Crippen molar-refractivity contribution in [1.82, 2.24) is 10.4 Å². The number of hydrogen-bond acceptors (Lipinski definition) is 3. The van der Waals surface area contributed by atoms with Gasteiger partial charge in [0.2, 0.25) is 0 Å². The lowest BCUT2D eigenvalue weighted by Crippen LogP contribution is -2.41. The first-order chi connectivity index (χ1) is 4.80. The summed E-state index contributed by atoms with van der Waals surface area (Å²) < 4.78 is 4.91. The van der Waals surface area contributed by atoms with E-state index in [2.05, 4.69) is 5.32 Å². The van der Waals surface area contributed by atoms with Crippen molar-refractivity contribution in [2.24, 2.45) is 0 Å². The van der Waals surface area contributed by atoms with Crippen LogP contribution in [-0.4, -0.2) is 38.1 Å². The fourth-order valence-electron chi connectivity index (χ4n) is 0.575. The molecule has 1 aliphatic heterocycles. The molecule has 58 valence electrons. The molecule has 0 saturated carbocycles. The standard InChI is InChI=1S/C5H10N2O3/c1-7-5(8)6-2-3-9-4-10-7/h2-4H2,1H3,(H,6,8). The first-order valence-electron chi connectivity index (χ1n) is 3.03. The van der Waals surface area contributed by atoms with Crippen LogP contribution in [0.1, 0.15) is 0 Å². The van der Waals surface area contributed by atoms with Crippen molar-refractivity contribution in [3.05, 3.63) is 0 Å². The van der Waals surface area contributed by atoms with Crippen LogP contribution < -0.4 is 5.32 Å². The van der Waals surface area contributed by atoms with Crippen LogP contribution in [0.2, 0.25) is 0 Å². The van der Waals surface area contributed by atoms with Gasteiger partial charge in [-0.05, 0) is 0 Å². The quantitative estimate of drug-likeness (QED) is 0.503. The summed E-state index contributed by atoms with van der Waals surface area (Å²) in [6.45, 7) is 1.18. The first kappa shape index (κ1) is 7.30. The third-order valence-electron chi connectivity index (χ3n) is 1.14. The molecule has 1 aliphatic rings. The lowest BCUT2D eigenvalue weighted by atomic mass is 10.7. The number of nitrogens with zero attached hydrogens (tertiary/aromatic N) is 1. The molecule has 10 heavy (non-hydrogen) atoms. The maximum absolute atomic E-state index is 10.8. The summed E-state index contributed by atoms with van der Waals surface area (Å²) in [5, 5.41) is 3.68. The second kappa shape index (κ2) is 3.38. The second-order valence-electron chi connectivity index (χ2n) is 1.88. The highest BCUT2D eigenvalue weighted by Gasteiger charge is 2.09. The van der Waals surface area contributed by atoms with Crippen LogP contribution in [0.15, 0.2) is 0 Å². The zero-order chi connectivity index (χ0) is 7.40. The molecule has 0 bridgehead atoms. The Balaban J connectivity index is 2.35. The lowest BCUT2D eigenvalue weighted by molar-refractivity contribution is -0.187. The van der Waals surface area contributed by atoms with Gasteiger partial charge in [-0.15, -0.1) is 0 Å². The average molecular weight is 146 g/mol. The number of rotatable bonds is 0. The summed E-state index contributed by atoms with van der Waals surface area (Å²) in [5.41, 5.74) is 0. The van der Waals surface area contributed by atoms with Crippen molar-refractivity contribution in [3.63, 3.8) is 0 Å². The highest BCUT2D eigenvalue weighted by Crippen LogP contribution is 1.90. The number of amides is 2. The molecule has 0 aromatic rings. The molecule has 2 amide bonds. The van der Waals surface area contributed by atoms with Gasteiger partial charge in [-0.2, -0.15) is 0 Å². The van der Waals surface area contributed by atoms with E-state index in [1.807, 2.05) is 0 Å². The van der Waals surface area contributed by atoms with Crippen molar-refractivity contribution in [2.45, 2.75) is 0 Å². The van der Waals surface area contributed by atoms with E-state index < -0.39 is 0 Å². The van der Waals surface area contributed by atoms with E-state index >= 15 is 0 Å². The number of nitrogens with one attached hydrogen (secondary N) is 1. The first-order valence-corrected chi connectivity index (χ1v) is 3.03. The van der Waals surface area contributed by atoms with Crippen LogP contribution in [0.3, 0.4) is 0 Å². The largest absolute Gasteiger partial charge is 0.351 e. The summed E-state index contributed by atoms with van der Waals surface area (Å²) in [5.74, 6) is 0. The van der Waals surface area contributed by atoms with Gasteiger partial charge in [0.05, 0.1) is 6.61 Å². The summed E-state index contributed by atoms with van der Waals surface area (Å²) in [6.07, 6.45) is 0. The highest BCUT2D eigenvalue weighted by atomic mass is 16.8. The molecule has 0 aliphatic carbocycles. The van der Waals surface area contributed by atoms with E-state index in [1.165, 1.54) is 7.05 Å². The predicted octanol–water partition coefficient (Wildman–Crippen LogP) is -0.453. The van der Waals surface area contributed by atoms with Gasteiger partial charge in [-0.3, -0.25) is 0 Å². The molecule has 0 atom stereocenters. The third-order valence-corrected chi connectivity index (χ3v) is 1.14. The molecule has 0 aromatic carbocycles. The Labute approximate surface area is 58.8 Å². The smallest absolute Gasteiger partial charge is 0.341 e. The van der Waals surface area contributed by atoms with Crippen LogP contribution in [0.4, 0.5) is 4.79 Å². The number of ether oxygens (including phenoxy) is 1. The zero-order valence-electron chi connectivity index (χ0n) is 5.79. The third kappa shape index (κ3) is 1.85. The number of hydroxylamine groups is 2. The van der Waals surface area contributed by atoms with Crippen LogP contribution in [0.5, 0.6) is 0 Å². The van der Waals surface area contributed by atoms with E-state index in [4.69, 9.17) is 9.57 Å². The maximum Gasteiger partial charge on any atom is 0.341 e. The second-order valence-corrected chi connectivity index (χ2v) is 1.88. The zero-order valence-corrected chi connectivity index (χ0v) is 5.79. The molecule has 1 rings (SSSR count). The minimum absolute atomic E-state index is 0.143. The van der Waals surface area contributed by atoms with Gasteiger partial charge in [0.25, 0.3) is 0 Å². The summed E-state index contributed by atoms with van der Waals surface area (Å²) in [6, 6.07) is -0.233. The van der Waals surface area contributed by atoms with Crippen LogP contribution in [0, 0.1) is 0 Å². The molecule has 0 spiro atoms. The van der Waals surface area contributed by atoms with E-state index in [0.29, 0.717) is 13.2 Å². The molecule has 5 nitrogen and oxygen atoms in total. The minimum Gasteiger partial charge on any atom is -0.351 e. The topological polar surface area (TPSA) is 50.8 Å². The summed E-state index contributed by atoms with van der Waals surface area (Å²) in [7, 11) is 1.53. The van der Waals surface area contributed by atoms with Gasteiger partial charge in [0.15, 0.2) is 6.79 Å². The normalized spacial score (nSPS) is 21.3. The fourth-order valence-corrected chi connectivity index (χ4v) is 0.575. The van der Waals surface area contributed by atoms with Crippen molar-refractivity contribution in [1.29, 1.82) is 0 Å². The van der Waals surface area contributed by atoms with Crippen LogP contribution in [0.25, 0.3) is 0 Å². The Morgan fingerprint density at radius 3 is 3.30 bits per heavy atom. The Morgan fingerprint density at radius 1 is 1.70 bits per heavy atom. The molecular formula is C5H10N2O3. The maximum atomic E-state index is 10.8. The number of urea groups is 1. The van der Waals surface area contributed by atoms with E-state index in [0.717, 1.165) is 5.06 Å². The van der Waals surface area contributed by atoms with Crippen molar-refractivity contribution in [2.75, 3.05) is 27.0 Å². The summed E-state index contributed by atoms with van der Waals surface area (Å²) in [4.78, 5) is 15.6. The van der Waals surface area contributed by atoms with Gasteiger partial charge in [-0.25, -0.2) is 14.7 Å². The summed E-state index contributed by atoms with van der Waals surface area (Å²) >= 11 is 0. The Morgan fingerprint density at radius 2 is 2.50 bits per heavy atom. The fraction of sp³-hybridized carbons (Fsp3) is 0.800. The molecule has 0 unspecified atom stereocenters. The van der Waals surface area contributed by atoms with Crippen molar-refractivity contribution >= 4 is 6.03 Å². The monoisotopic (exact) mass is 146 g/mol. The predicted molar refractivity (Wildman–Crippen MR) is 33.1 cm³/mol. The number of hydrogen-bond donors (Lipinski definition) is 1. The van der Waals surface area contributed by atoms with Gasteiger partial charge < -0.3 is 10.1 Å². The van der Waals surface area contributed by atoms with Crippen molar-refractivity contribution in [3.8, 4) is 0 Å². The molecule has 1 saturated heterocycles. The minimum atomic E-state index is -0.233. The van der Waals surface area contributed by atoms with E-state index in [-0.39, 0.29) is 12.8 Å². The highest BCUT2D eigenvalue weighted by molar-refractivity contribution is 5.72. The van der Waals surface area contributed by atoms with Gasteiger partial charge in [0, 0.05) is 13.6 Å². The molecule has 5 heteroatoms. The number of carbonyl (C=O) groups excluding carboxylic acids is 1. The molecule has 1 N–H and O–H groups in total. The molecule has 0 aromatic heterocycles.